The van der Waals surface area contributed by atoms with E-state index < -0.39 is 10.0 Å². The molecule has 0 spiro atoms. The number of hydrogen-bond acceptors (Lipinski definition) is 8. The molecule has 1 fully saturated rings. The van der Waals surface area contributed by atoms with E-state index in [0.717, 1.165) is 56.6 Å². The molecule has 2 aromatic carbocycles. The number of fused-ring (bicyclic) bond motifs is 1. The lowest BCUT2D eigenvalue weighted by molar-refractivity contribution is 0.0876. The molecule has 0 unspecified atom stereocenters. The lowest BCUT2D eigenvalue weighted by atomic mass is 9.88. The van der Waals surface area contributed by atoms with Crippen LogP contribution in [0.3, 0.4) is 0 Å². The first-order chi connectivity index (χ1) is 19.6. The number of ether oxygens (including phenoxy) is 3. The minimum absolute atomic E-state index is 0.0413. The fourth-order valence-corrected chi connectivity index (χ4v) is 7.32. The first kappa shape index (κ1) is 31.0. The fourth-order valence-electron chi connectivity index (χ4n) is 5.65. The number of nitrogens with zero attached hydrogens (tertiary/aromatic N) is 4. The van der Waals surface area contributed by atoms with Gasteiger partial charge in [-0.2, -0.15) is 4.31 Å². The maximum atomic E-state index is 13.7. The molecular formula is C31H44N4O5S. The molecule has 2 heterocycles. The number of aromatic nitrogens is 1. The zero-order chi connectivity index (χ0) is 29.6. The van der Waals surface area contributed by atoms with Crippen LogP contribution in [0.2, 0.25) is 0 Å². The molecule has 224 valence electrons. The van der Waals surface area contributed by atoms with E-state index in [2.05, 4.69) is 28.6 Å². The molecule has 0 radical (unpaired) electrons. The highest BCUT2D eigenvalue weighted by Gasteiger charge is 2.30. The van der Waals surface area contributed by atoms with Gasteiger partial charge in [0.1, 0.15) is 0 Å². The predicted molar refractivity (Wildman–Crippen MR) is 162 cm³/mol. The molecule has 1 aromatic heterocycles. The third-order valence-corrected chi connectivity index (χ3v) is 9.98. The summed E-state index contributed by atoms with van der Waals surface area (Å²) in [7, 11) is 1.28. The molecule has 4 rings (SSSR count). The Morgan fingerprint density at radius 2 is 1.63 bits per heavy atom. The Hall–Kier alpha value is -2.92. The average Bonchev–Trinajstić information content (AvgIpc) is 2.97. The van der Waals surface area contributed by atoms with Gasteiger partial charge in [0.15, 0.2) is 11.5 Å². The SMILES string of the molecule is CCN(CCC(C)(C)CN1CCN(Cc2ccc(OC)c(OC)c2OC)CC1)S(=O)(=O)c1cccc2cnccc12. The number of hydrogen-bond donors (Lipinski definition) is 0. The Kier molecular flexibility index (Phi) is 10.1. The molecule has 3 aromatic rings. The van der Waals surface area contributed by atoms with E-state index in [4.69, 9.17) is 14.2 Å². The highest BCUT2D eigenvalue weighted by molar-refractivity contribution is 7.89. The topological polar surface area (TPSA) is 84.4 Å². The number of rotatable bonds is 13. The van der Waals surface area contributed by atoms with Gasteiger partial charge in [0.25, 0.3) is 0 Å². The van der Waals surface area contributed by atoms with E-state index in [-0.39, 0.29) is 5.41 Å². The van der Waals surface area contributed by atoms with Crippen molar-refractivity contribution in [3.8, 4) is 17.2 Å². The van der Waals surface area contributed by atoms with Crippen molar-refractivity contribution in [2.24, 2.45) is 5.41 Å². The van der Waals surface area contributed by atoms with Crippen LogP contribution in [0.15, 0.2) is 53.7 Å². The van der Waals surface area contributed by atoms with Crippen LogP contribution in [0.4, 0.5) is 0 Å². The summed E-state index contributed by atoms with van der Waals surface area (Å²) in [6.45, 7) is 12.8. The van der Waals surface area contributed by atoms with Gasteiger partial charge in [-0.25, -0.2) is 8.42 Å². The summed E-state index contributed by atoms with van der Waals surface area (Å²) >= 11 is 0. The predicted octanol–water partition coefficient (Wildman–Crippen LogP) is 4.51. The second kappa shape index (κ2) is 13.4. The molecular weight excluding hydrogens is 540 g/mol. The molecule has 10 heteroatoms. The standard InChI is InChI=1S/C31H44N4O5S/c1-7-35(41(36,37)28-10-8-9-24-21-32-15-13-26(24)28)16-14-31(2,3)23-34-19-17-33(18-20-34)22-25-11-12-27(38-4)30(40-6)29(25)39-5/h8-13,15,21H,7,14,16-20,22-23H2,1-6H3. The van der Waals surface area contributed by atoms with E-state index in [0.29, 0.717) is 40.6 Å². The lowest BCUT2D eigenvalue weighted by Gasteiger charge is -2.39. The van der Waals surface area contributed by atoms with Crippen LogP contribution in [-0.4, -0.2) is 94.6 Å². The number of benzene rings is 2. The van der Waals surface area contributed by atoms with Gasteiger partial charge in [0.05, 0.1) is 26.2 Å². The van der Waals surface area contributed by atoms with Gasteiger partial charge >= 0.3 is 0 Å². The summed E-state index contributed by atoms with van der Waals surface area (Å²) in [5.41, 5.74) is 1.03. The van der Waals surface area contributed by atoms with E-state index >= 15 is 0 Å². The van der Waals surface area contributed by atoms with Gasteiger partial charge in [-0.05, 0) is 30.0 Å². The van der Waals surface area contributed by atoms with Gasteiger partial charge in [0, 0.05) is 81.1 Å². The van der Waals surface area contributed by atoms with Gasteiger partial charge in [-0.15, -0.1) is 0 Å². The Labute approximate surface area is 245 Å². The normalized spacial score (nSPS) is 15.4. The summed E-state index contributed by atoms with van der Waals surface area (Å²) in [4.78, 5) is 9.41. The Morgan fingerprint density at radius 3 is 2.29 bits per heavy atom. The Bertz CT molecular complexity index is 1420. The zero-order valence-corrected chi connectivity index (χ0v) is 26.0. The van der Waals surface area contributed by atoms with Crippen LogP contribution < -0.4 is 14.2 Å². The zero-order valence-electron chi connectivity index (χ0n) is 25.2. The number of pyridine rings is 1. The third kappa shape index (κ3) is 7.12. The minimum atomic E-state index is -3.63. The van der Waals surface area contributed by atoms with Gasteiger partial charge in [-0.1, -0.05) is 39.0 Å². The second-order valence-corrected chi connectivity index (χ2v) is 13.2. The van der Waals surface area contributed by atoms with E-state index in [9.17, 15) is 8.42 Å². The van der Waals surface area contributed by atoms with Crippen molar-refractivity contribution in [1.29, 1.82) is 0 Å². The van der Waals surface area contributed by atoms with Gasteiger partial charge < -0.3 is 19.1 Å². The first-order valence-corrected chi connectivity index (χ1v) is 15.6. The third-order valence-electron chi connectivity index (χ3n) is 7.95. The maximum Gasteiger partial charge on any atom is 0.243 e. The molecule has 0 saturated carbocycles. The molecule has 0 atom stereocenters. The molecule has 1 aliphatic heterocycles. The van der Waals surface area contributed by atoms with Gasteiger partial charge in [0.2, 0.25) is 15.8 Å². The van der Waals surface area contributed by atoms with Crippen LogP contribution in [0.5, 0.6) is 17.2 Å². The number of methoxy groups -OCH3 is 3. The second-order valence-electron chi connectivity index (χ2n) is 11.3. The Balaban J connectivity index is 1.34. The van der Waals surface area contributed by atoms with E-state index in [1.807, 2.05) is 25.1 Å². The van der Waals surface area contributed by atoms with Crippen molar-refractivity contribution < 1.29 is 22.6 Å². The van der Waals surface area contributed by atoms with Crippen LogP contribution >= 0.6 is 0 Å². The van der Waals surface area contributed by atoms with Crippen LogP contribution in [-0.2, 0) is 16.6 Å². The van der Waals surface area contributed by atoms with Crippen LogP contribution in [0, 0.1) is 5.41 Å². The highest BCUT2D eigenvalue weighted by Crippen LogP contribution is 2.40. The molecule has 1 aliphatic rings. The molecule has 0 bridgehead atoms. The van der Waals surface area contributed by atoms with Crippen LogP contribution in [0.1, 0.15) is 32.8 Å². The van der Waals surface area contributed by atoms with Gasteiger partial charge in [-0.3, -0.25) is 9.88 Å². The van der Waals surface area contributed by atoms with E-state index in [1.165, 1.54) is 0 Å². The summed E-state index contributed by atoms with van der Waals surface area (Å²) < 4.78 is 45.6. The molecule has 0 aliphatic carbocycles. The quantitative estimate of drug-likeness (QED) is 0.290. The summed E-state index contributed by atoms with van der Waals surface area (Å²) in [5, 5.41) is 1.54. The highest BCUT2D eigenvalue weighted by atomic mass is 32.2. The molecule has 9 nitrogen and oxygen atoms in total. The van der Waals surface area contributed by atoms with Crippen molar-refractivity contribution >= 4 is 20.8 Å². The van der Waals surface area contributed by atoms with Crippen molar-refractivity contribution in [1.82, 2.24) is 19.1 Å². The molecule has 1 saturated heterocycles. The van der Waals surface area contributed by atoms with Crippen molar-refractivity contribution in [2.75, 3.05) is 67.1 Å². The van der Waals surface area contributed by atoms with Crippen molar-refractivity contribution in [3.63, 3.8) is 0 Å². The first-order valence-electron chi connectivity index (χ1n) is 14.2. The minimum Gasteiger partial charge on any atom is -0.493 e. The fraction of sp³-hybridized carbons (Fsp3) is 0.516. The molecule has 0 N–H and O–H groups in total. The maximum absolute atomic E-state index is 13.7. The number of piperazine rings is 1. The summed E-state index contributed by atoms with van der Waals surface area (Å²) in [6.07, 6.45) is 4.12. The molecule has 0 amide bonds. The summed E-state index contributed by atoms with van der Waals surface area (Å²) in [5.74, 6) is 1.99. The van der Waals surface area contributed by atoms with Crippen LogP contribution in [0.25, 0.3) is 10.8 Å². The molecule has 41 heavy (non-hydrogen) atoms. The summed E-state index contributed by atoms with van der Waals surface area (Å²) in [6, 6.07) is 11.1. The lowest BCUT2D eigenvalue weighted by Crippen LogP contribution is -2.49. The smallest absolute Gasteiger partial charge is 0.243 e. The average molecular weight is 585 g/mol. The van der Waals surface area contributed by atoms with Crippen molar-refractivity contribution in [3.05, 3.63) is 54.4 Å². The largest absolute Gasteiger partial charge is 0.493 e. The van der Waals surface area contributed by atoms with E-state index in [1.54, 1.807) is 56.2 Å². The number of sulfonamides is 1. The Morgan fingerprint density at radius 1 is 0.927 bits per heavy atom. The van der Waals surface area contributed by atoms with Crippen molar-refractivity contribution in [2.45, 2.75) is 38.6 Å². The monoisotopic (exact) mass is 584 g/mol.